The van der Waals surface area contributed by atoms with Crippen LogP contribution in [0, 0.1) is 23.6 Å². The summed E-state index contributed by atoms with van der Waals surface area (Å²) in [5.41, 5.74) is 2.23. The van der Waals surface area contributed by atoms with E-state index in [4.69, 9.17) is 0 Å². The van der Waals surface area contributed by atoms with Crippen LogP contribution in [0.3, 0.4) is 0 Å². The Hall–Kier alpha value is -1.63. The van der Waals surface area contributed by atoms with Gasteiger partial charge in [0.2, 0.25) is 0 Å². The van der Waals surface area contributed by atoms with Crippen molar-refractivity contribution in [1.82, 2.24) is 0 Å². The monoisotopic (exact) mass is 392 g/mol. The number of halogens is 1. The molecule has 0 amide bonds. The molecule has 4 rings (SSSR count). The lowest BCUT2D eigenvalue weighted by Gasteiger charge is -2.38. The molecule has 0 aromatic heterocycles. The molecular formula is C28H37F. The van der Waals surface area contributed by atoms with E-state index in [0.29, 0.717) is 5.92 Å². The quantitative estimate of drug-likeness (QED) is 0.432. The van der Waals surface area contributed by atoms with E-state index in [9.17, 15) is 0 Å². The fraction of sp³-hybridized carbons (Fsp3) is 0.571. The van der Waals surface area contributed by atoms with Gasteiger partial charge < -0.3 is 0 Å². The van der Waals surface area contributed by atoms with Gasteiger partial charge in [-0.15, -0.1) is 6.58 Å². The molecule has 2 aliphatic rings. The average Bonchev–Trinajstić information content (AvgIpc) is 2.78. The van der Waals surface area contributed by atoms with Crippen molar-refractivity contribution in [3.8, 4) is 0 Å². The molecule has 0 nitrogen and oxygen atoms in total. The highest BCUT2D eigenvalue weighted by Gasteiger charge is 2.31. The minimum Gasteiger partial charge on any atom is -0.206 e. The van der Waals surface area contributed by atoms with Gasteiger partial charge in [0.15, 0.2) is 0 Å². The van der Waals surface area contributed by atoms with Crippen LogP contribution in [0.4, 0.5) is 4.39 Å². The number of hydrogen-bond donors (Lipinski definition) is 0. The smallest absolute Gasteiger partial charge is 0.134 e. The fourth-order valence-electron chi connectivity index (χ4n) is 6.07. The van der Waals surface area contributed by atoms with Crippen molar-refractivity contribution in [2.45, 2.75) is 83.5 Å². The molecule has 2 aromatic rings. The van der Waals surface area contributed by atoms with Gasteiger partial charge in [-0.05, 0) is 91.6 Å². The number of allylic oxidation sites excluding steroid dienone is 1. The van der Waals surface area contributed by atoms with Gasteiger partial charge in [-0.1, -0.05) is 62.6 Å². The van der Waals surface area contributed by atoms with Gasteiger partial charge in [-0.2, -0.15) is 0 Å². The Morgan fingerprint density at radius 3 is 2.28 bits per heavy atom. The van der Waals surface area contributed by atoms with Crippen molar-refractivity contribution in [2.24, 2.45) is 17.8 Å². The number of benzene rings is 2. The lowest BCUT2D eigenvalue weighted by atomic mass is 9.68. The summed E-state index contributed by atoms with van der Waals surface area (Å²) >= 11 is 0. The van der Waals surface area contributed by atoms with Crippen molar-refractivity contribution < 1.29 is 4.39 Å². The van der Waals surface area contributed by atoms with Gasteiger partial charge >= 0.3 is 0 Å². The molecule has 2 saturated carbocycles. The van der Waals surface area contributed by atoms with Crippen LogP contribution >= 0.6 is 0 Å². The van der Waals surface area contributed by atoms with E-state index in [1.807, 2.05) is 12.1 Å². The lowest BCUT2D eigenvalue weighted by molar-refractivity contribution is 0.158. The van der Waals surface area contributed by atoms with Crippen molar-refractivity contribution >= 4 is 10.8 Å². The maximum absolute atomic E-state index is 15.4. The topological polar surface area (TPSA) is 0 Å². The van der Waals surface area contributed by atoms with Gasteiger partial charge in [0.1, 0.15) is 5.82 Å². The molecular weight excluding hydrogens is 355 g/mol. The minimum atomic E-state index is 0.0321. The van der Waals surface area contributed by atoms with Gasteiger partial charge in [0.25, 0.3) is 0 Å². The predicted octanol–water partition coefficient (Wildman–Crippen LogP) is 8.59. The van der Waals surface area contributed by atoms with E-state index in [-0.39, 0.29) is 5.82 Å². The van der Waals surface area contributed by atoms with Crippen LogP contribution in [0.15, 0.2) is 43.0 Å². The normalized spacial score (nSPS) is 27.8. The molecule has 0 radical (unpaired) electrons. The van der Waals surface area contributed by atoms with Crippen molar-refractivity contribution in [1.29, 1.82) is 0 Å². The molecule has 1 heteroatoms. The first-order valence-corrected chi connectivity index (χ1v) is 12.0. The Morgan fingerprint density at radius 1 is 0.931 bits per heavy atom. The second-order valence-electron chi connectivity index (χ2n) is 9.65. The molecule has 2 aliphatic carbocycles. The molecule has 0 unspecified atom stereocenters. The number of hydrogen-bond acceptors (Lipinski definition) is 0. The summed E-state index contributed by atoms with van der Waals surface area (Å²) in [5, 5.41) is 1.83. The Bertz CT molecular complexity index is 820. The summed E-state index contributed by atoms with van der Waals surface area (Å²) in [4.78, 5) is 0. The Kier molecular flexibility index (Phi) is 6.73. The van der Waals surface area contributed by atoms with Crippen LogP contribution in [-0.4, -0.2) is 0 Å². The molecule has 0 heterocycles. The standard InChI is InChI=1S/C28H37F/c1-3-5-6-21-9-17-27-25(19-21)16-18-26(28(27)29)24-14-12-23(13-15-24)22-10-7-20(4-2)8-11-22/h3,9,16-20,22-24H,1,4-8,10-15H2,2H3. The molecule has 156 valence electrons. The minimum absolute atomic E-state index is 0.0321. The van der Waals surface area contributed by atoms with Gasteiger partial charge in [-0.25, -0.2) is 4.39 Å². The van der Waals surface area contributed by atoms with Crippen molar-refractivity contribution in [3.05, 3.63) is 59.9 Å². The number of rotatable bonds is 6. The lowest BCUT2D eigenvalue weighted by Crippen LogP contribution is -2.25. The van der Waals surface area contributed by atoms with E-state index in [1.54, 1.807) is 0 Å². The molecule has 0 saturated heterocycles. The zero-order valence-electron chi connectivity index (χ0n) is 18.1. The highest BCUT2D eigenvalue weighted by Crippen LogP contribution is 2.45. The second kappa shape index (κ2) is 9.45. The third-order valence-electron chi connectivity index (χ3n) is 8.03. The van der Waals surface area contributed by atoms with Crippen LogP contribution < -0.4 is 0 Å². The number of aryl methyl sites for hydroxylation is 1. The zero-order chi connectivity index (χ0) is 20.2. The SMILES string of the molecule is C=CCCc1ccc2c(F)c(C3CCC(C4CCC(CC)CC4)CC3)ccc2c1. The van der Waals surface area contributed by atoms with Gasteiger partial charge in [-0.3, -0.25) is 0 Å². The van der Waals surface area contributed by atoms with E-state index in [1.165, 1.54) is 50.5 Å². The first-order chi connectivity index (χ1) is 14.2. The second-order valence-corrected chi connectivity index (χ2v) is 9.65. The Morgan fingerprint density at radius 2 is 1.62 bits per heavy atom. The van der Waals surface area contributed by atoms with E-state index >= 15 is 4.39 Å². The third kappa shape index (κ3) is 4.60. The first-order valence-electron chi connectivity index (χ1n) is 12.0. The van der Waals surface area contributed by atoms with E-state index in [2.05, 4.69) is 37.8 Å². The van der Waals surface area contributed by atoms with Crippen LogP contribution in [0.1, 0.15) is 88.2 Å². The zero-order valence-corrected chi connectivity index (χ0v) is 18.1. The Labute approximate surface area is 176 Å². The molecule has 0 spiro atoms. The van der Waals surface area contributed by atoms with Crippen molar-refractivity contribution in [2.75, 3.05) is 0 Å². The van der Waals surface area contributed by atoms with Crippen LogP contribution in [0.2, 0.25) is 0 Å². The van der Waals surface area contributed by atoms with E-state index in [0.717, 1.165) is 59.8 Å². The average molecular weight is 393 g/mol. The summed E-state index contributed by atoms with van der Waals surface area (Å²) in [6, 6.07) is 10.4. The molecule has 0 N–H and O–H groups in total. The van der Waals surface area contributed by atoms with Crippen LogP contribution in [0.25, 0.3) is 10.8 Å². The Balaban J connectivity index is 1.41. The first kappa shape index (κ1) is 20.6. The summed E-state index contributed by atoms with van der Waals surface area (Å²) in [7, 11) is 0. The molecule has 2 fully saturated rings. The van der Waals surface area contributed by atoms with Gasteiger partial charge in [0.05, 0.1) is 0 Å². The van der Waals surface area contributed by atoms with Crippen molar-refractivity contribution in [3.63, 3.8) is 0 Å². The predicted molar refractivity (Wildman–Crippen MR) is 123 cm³/mol. The van der Waals surface area contributed by atoms with E-state index < -0.39 is 0 Å². The number of fused-ring (bicyclic) bond motifs is 1. The molecule has 0 atom stereocenters. The molecule has 2 aromatic carbocycles. The highest BCUT2D eigenvalue weighted by molar-refractivity contribution is 5.84. The summed E-state index contributed by atoms with van der Waals surface area (Å²) in [6.07, 6.45) is 15.9. The van der Waals surface area contributed by atoms with Gasteiger partial charge in [0, 0.05) is 5.39 Å². The third-order valence-corrected chi connectivity index (χ3v) is 8.03. The molecule has 0 bridgehead atoms. The maximum atomic E-state index is 15.4. The summed E-state index contributed by atoms with van der Waals surface area (Å²) in [6.45, 7) is 6.14. The largest absolute Gasteiger partial charge is 0.206 e. The van der Waals surface area contributed by atoms with Crippen LogP contribution in [0.5, 0.6) is 0 Å². The fourth-order valence-corrected chi connectivity index (χ4v) is 6.07. The molecule has 29 heavy (non-hydrogen) atoms. The highest BCUT2D eigenvalue weighted by atomic mass is 19.1. The summed E-state index contributed by atoms with van der Waals surface area (Å²) in [5.74, 6) is 3.24. The molecule has 0 aliphatic heterocycles. The van der Waals surface area contributed by atoms with Crippen LogP contribution in [-0.2, 0) is 6.42 Å². The maximum Gasteiger partial charge on any atom is 0.134 e. The summed E-state index contributed by atoms with van der Waals surface area (Å²) < 4.78 is 15.4.